The van der Waals surface area contributed by atoms with Gasteiger partial charge in [0.15, 0.2) is 0 Å². The van der Waals surface area contributed by atoms with Crippen LogP contribution < -0.4 is 9.46 Å². The number of carbonyl (C=O) groups is 1. The molecule has 30 heavy (non-hydrogen) atoms. The van der Waals surface area contributed by atoms with Gasteiger partial charge in [-0.3, -0.25) is 14.5 Å². The molecule has 1 aliphatic rings. The number of aryl methyl sites for hydroxylation is 1. The van der Waals surface area contributed by atoms with Crippen molar-refractivity contribution in [1.82, 2.24) is 4.72 Å². The molecule has 0 amide bonds. The molecule has 0 spiro atoms. The van der Waals surface area contributed by atoms with Crippen LogP contribution in [0.1, 0.15) is 36.8 Å². The van der Waals surface area contributed by atoms with Crippen molar-refractivity contribution in [3.05, 3.63) is 59.7 Å². The van der Waals surface area contributed by atoms with E-state index in [9.17, 15) is 13.2 Å². The highest BCUT2D eigenvalue weighted by Crippen LogP contribution is 2.22. The second-order valence-electron chi connectivity index (χ2n) is 7.03. The lowest BCUT2D eigenvalue weighted by Crippen LogP contribution is -2.22. The fourth-order valence-electron chi connectivity index (χ4n) is 3.09. The maximum Gasteiger partial charge on any atom is 0.305 e. The predicted molar refractivity (Wildman–Crippen MR) is 114 cm³/mol. The summed E-state index contributed by atoms with van der Waals surface area (Å²) in [6.45, 7) is 3.03. The van der Waals surface area contributed by atoms with Gasteiger partial charge in [0.25, 0.3) is 10.0 Å². The van der Waals surface area contributed by atoms with Crippen molar-refractivity contribution in [3.63, 3.8) is 0 Å². The van der Waals surface area contributed by atoms with Crippen molar-refractivity contribution in [2.45, 2.75) is 37.5 Å². The van der Waals surface area contributed by atoms with Crippen molar-refractivity contribution in [2.24, 2.45) is 4.99 Å². The van der Waals surface area contributed by atoms with Gasteiger partial charge in [0.2, 0.25) is 0 Å². The SMILES string of the molecule is Cc1cccc(OCCOC(=O)CCCCCN=C2NS(=O)(=O)c3ccccc32)c1. The molecule has 0 saturated heterocycles. The van der Waals surface area contributed by atoms with Crippen LogP contribution in [0.4, 0.5) is 0 Å². The average Bonchev–Trinajstić information content (AvgIpc) is 2.98. The Morgan fingerprint density at radius 2 is 1.87 bits per heavy atom. The fourth-order valence-corrected chi connectivity index (χ4v) is 4.34. The van der Waals surface area contributed by atoms with E-state index < -0.39 is 10.0 Å². The maximum atomic E-state index is 12.0. The number of ether oxygens (including phenoxy) is 2. The number of benzene rings is 2. The van der Waals surface area contributed by atoms with E-state index in [0.29, 0.717) is 37.4 Å². The van der Waals surface area contributed by atoms with Crippen LogP contribution >= 0.6 is 0 Å². The Balaban J connectivity index is 1.28. The highest BCUT2D eigenvalue weighted by molar-refractivity contribution is 7.90. The van der Waals surface area contributed by atoms with E-state index in [1.54, 1.807) is 24.3 Å². The van der Waals surface area contributed by atoms with E-state index in [-0.39, 0.29) is 17.5 Å². The van der Waals surface area contributed by atoms with E-state index in [1.807, 2.05) is 31.2 Å². The van der Waals surface area contributed by atoms with Gasteiger partial charge < -0.3 is 9.47 Å². The Bertz CT molecular complexity index is 1020. The molecule has 0 aromatic heterocycles. The zero-order valence-electron chi connectivity index (χ0n) is 17.0. The van der Waals surface area contributed by atoms with Crippen LogP contribution in [0.15, 0.2) is 58.4 Å². The third-order valence-electron chi connectivity index (χ3n) is 4.58. The number of esters is 1. The molecule has 0 unspecified atom stereocenters. The molecule has 7 nitrogen and oxygen atoms in total. The minimum absolute atomic E-state index is 0.222. The third-order valence-corrected chi connectivity index (χ3v) is 5.97. The average molecular weight is 431 g/mol. The Labute approximate surface area is 177 Å². The normalized spacial score (nSPS) is 15.4. The van der Waals surface area contributed by atoms with Crippen LogP contribution in [0.3, 0.4) is 0 Å². The van der Waals surface area contributed by atoms with Crippen molar-refractivity contribution >= 4 is 21.8 Å². The van der Waals surface area contributed by atoms with E-state index in [1.165, 1.54) is 0 Å². The van der Waals surface area contributed by atoms with E-state index in [0.717, 1.165) is 24.2 Å². The zero-order valence-corrected chi connectivity index (χ0v) is 17.8. The number of carbonyl (C=O) groups excluding carboxylic acids is 1. The van der Waals surface area contributed by atoms with Crippen LogP contribution in [0.25, 0.3) is 0 Å². The molecule has 0 atom stereocenters. The molecular weight excluding hydrogens is 404 g/mol. The highest BCUT2D eigenvalue weighted by Gasteiger charge is 2.29. The van der Waals surface area contributed by atoms with Gasteiger partial charge in [-0.15, -0.1) is 0 Å². The molecular formula is C22H26N2O5S. The van der Waals surface area contributed by atoms with Crippen molar-refractivity contribution in [2.75, 3.05) is 19.8 Å². The van der Waals surface area contributed by atoms with Gasteiger partial charge in [0.1, 0.15) is 24.8 Å². The molecule has 2 aromatic carbocycles. The Morgan fingerprint density at radius 1 is 1.03 bits per heavy atom. The summed E-state index contributed by atoms with van der Waals surface area (Å²) in [7, 11) is -3.50. The molecule has 0 fully saturated rings. The molecule has 0 radical (unpaired) electrons. The lowest BCUT2D eigenvalue weighted by atomic mass is 10.2. The maximum absolute atomic E-state index is 12.0. The molecule has 1 heterocycles. The first-order valence-corrected chi connectivity index (χ1v) is 11.5. The Hall–Kier alpha value is -2.87. The van der Waals surface area contributed by atoms with E-state index in [4.69, 9.17) is 9.47 Å². The van der Waals surface area contributed by atoms with E-state index in [2.05, 4.69) is 9.71 Å². The van der Waals surface area contributed by atoms with Crippen LogP contribution in [0.2, 0.25) is 0 Å². The zero-order chi connectivity index (χ0) is 21.4. The van der Waals surface area contributed by atoms with Crippen molar-refractivity contribution < 1.29 is 22.7 Å². The molecule has 0 bridgehead atoms. The van der Waals surface area contributed by atoms with Gasteiger partial charge in [0, 0.05) is 18.5 Å². The van der Waals surface area contributed by atoms with Crippen LogP contribution in [-0.2, 0) is 19.6 Å². The summed E-state index contributed by atoms with van der Waals surface area (Å²) < 4.78 is 37.3. The topological polar surface area (TPSA) is 94.1 Å². The molecule has 0 saturated carbocycles. The first-order chi connectivity index (χ1) is 14.5. The van der Waals surface area contributed by atoms with Crippen LogP contribution in [0.5, 0.6) is 5.75 Å². The van der Waals surface area contributed by atoms with Crippen LogP contribution in [0, 0.1) is 6.92 Å². The summed E-state index contributed by atoms with van der Waals surface area (Å²) in [5.41, 5.74) is 1.72. The third kappa shape index (κ3) is 6.06. The number of unbranched alkanes of at least 4 members (excludes halogenated alkanes) is 2. The van der Waals surface area contributed by atoms with Gasteiger partial charge in [-0.25, -0.2) is 8.42 Å². The smallest absolute Gasteiger partial charge is 0.305 e. The van der Waals surface area contributed by atoms with Gasteiger partial charge >= 0.3 is 5.97 Å². The molecule has 3 rings (SSSR count). The van der Waals surface area contributed by atoms with Crippen LogP contribution in [-0.4, -0.2) is 40.0 Å². The number of aliphatic imine (C=N–C) groups is 1. The molecule has 160 valence electrons. The number of hydrogen-bond acceptors (Lipinski definition) is 6. The summed E-state index contributed by atoms with van der Waals surface area (Å²) >= 11 is 0. The number of sulfonamides is 1. The largest absolute Gasteiger partial charge is 0.490 e. The quantitative estimate of drug-likeness (QED) is 0.461. The number of nitrogens with one attached hydrogen (secondary N) is 1. The predicted octanol–water partition coefficient (Wildman–Crippen LogP) is 3.22. The number of amidine groups is 1. The molecule has 8 heteroatoms. The summed E-state index contributed by atoms with van der Waals surface area (Å²) in [6.07, 6.45) is 2.61. The molecule has 1 N–H and O–H groups in total. The first-order valence-electron chi connectivity index (χ1n) is 9.97. The number of nitrogens with zero attached hydrogens (tertiary/aromatic N) is 1. The van der Waals surface area contributed by atoms with Gasteiger partial charge in [-0.1, -0.05) is 30.7 Å². The summed E-state index contributed by atoms with van der Waals surface area (Å²) in [4.78, 5) is 16.4. The molecule has 2 aromatic rings. The summed E-state index contributed by atoms with van der Waals surface area (Å²) in [6, 6.07) is 14.5. The molecule has 0 aliphatic carbocycles. The second kappa shape index (κ2) is 10.2. The lowest BCUT2D eigenvalue weighted by molar-refractivity contribution is -0.144. The monoisotopic (exact) mass is 430 g/mol. The Morgan fingerprint density at radius 3 is 2.70 bits per heavy atom. The standard InChI is InChI=1S/C22H26N2O5S/c1-17-8-7-9-18(16-17)28-14-15-29-21(25)12-3-2-6-13-23-22-19-10-4-5-11-20(19)30(26,27)24-22/h4-5,7-11,16H,2-3,6,12-15H2,1H3,(H,23,24). The van der Waals surface area contributed by atoms with Gasteiger partial charge in [0.05, 0.1) is 4.90 Å². The van der Waals surface area contributed by atoms with Crippen molar-refractivity contribution in [1.29, 1.82) is 0 Å². The first kappa shape index (κ1) is 21.8. The Kier molecular flexibility index (Phi) is 7.46. The highest BCUT2D eigenvalue weighted by atomic mass is 32.2. The second-order valence-corrected chi connectivity index (χ2v) is 8.68. The van der Waals surface area contributed by atoms with Gasteiger partial charge in [-0.05, 0) is 49.6 Å². The lowest BCUT2D eigenvalue weighted by Gasteiger charge is -2.08. The minimum Gasteiger partial charge on any atom is -0.490 e. The number of hydrogen-bond donors (Lipinski definition) is 1. The van der Waals surface area contributed by atoms with E-state index >= 15 is 0 Å². The molecule has 1 aliphatic heterocycles. The van der Waals surface area contributed by atoms with Crippen molar-refractivity contribution in [3.8, 4) is 5.75 Å². The van der Waals surface area contributed by atoms with Gasteiger partial charge in [-0.2, -0.15) is 0 Å². The minimum atomic E-state index is -3.50. The fraction of sp³-hybridized carbons (Fsp3) is 0.364. The summed E-state index contributed by atoms with van der Waals surface area (Å²) in [5.74, 6) is 0.908. The number of fused-ring (bicyclic) bond motifs is 1. The summed E-state index contributed by atoms with van der Waals surface area (Å²) in [5, 5.41) is 0. The number of rotatable bonds is 10.